The highest BCUT2D eigenvalue weighted by Crippen LogP contribution is 2.39. The average molecular weight is 686 g/mol. The van der Waals surface area contributed by atoms with Crippen LogP contribution in [0.4, 0.5) is 20.8 Å². The van der Waals surface area contributed by atoms with Gasteiger partial charge in [0.25, 0.3) is 0 Å². The van der Waals surface area contributed by atoms with Crippen molar-refractivity contribution in [2.45, 2.75) is 32.9 Å². The number of fused-ring (bicyclic) bond motifs is 2. The van der Waals surface area contributed by atoms with Gasteiger partial charge < -0.3 is 24.7 Å². The number of carbonyl (C=O) groups excluding carboxylic acids is 1. The van der Waals surface area contributed by atoms with Gasteiger partial charge in [0.05, 0.1) is 31.8 Å². The third-order valence-corrected chi connectivity index (χ3v) is 9.14. The monoisotopic (exact) mass is 685 g/mol. The van der Waals surface area contributed by atoms with Gasteiger partial charge in [0.15, 0.2) is 11.6 Å². The molecule has 10 nitrogen and oxygen atoms in total. The maximum Gasteiger partial charge on any atom is 0.410 e. The second-order valence-electron chi connectivity index (χ2n) is 12.5. The third-order valence-electron chi connectivity index (χ3n) is 7.74. The second-order valence-corrected chi connectivity index (χ2v) is 14.0. The molecular formula is C35H33ClFN7O3S. The molecule has 6 aromatic rings. The van der Waals surface area contributed by atoms with Gasteiger partial charge in [-0.3, -0.25) is 14.9 Å². The van der Waals surface area contributed by atoms with E-state index in [2.05, 4.69) is 31.2 Å². The number of halogens is 2. The summed E-state index contributed by atoms with van der Waals surface area (Å²) in [5.41, 5.74) is 4.18. The number of H-pyrrole nitrogens is 1. The van der Waals surface area contributed by atoms with E-state index in [9.17, 15) is 4.79 Å². The number of benzene rings is 2. The van der Waals surface area contributed by atoms with Crippen LogP contribution >= 0.6 is 22.9 Å². The van der Waals surface area contributed by atoms with Gasteiger partial charge in [-0.05, 0) is 68.8 Å². The average Bonchev–Trinajstić information content (AvgIpc) is 3.66. The maximum atomic E-state index is 15.2. The molecule has 1 aliphatic heterocycles. The Morgan fingerprint density at radius 3 is 2.58 bits per heavy atom. The van der Waals surface area contributed by atoms with Gasteiger partial charge in [-0.15, -0.1) is 11.3 Å². The molecule has 0 spiro atoms. The van der Waals surface area contributed by atoms with E-state index in [1.807, 2.05) is 45.2 Å². The molecule has 1 fully saturated rings. The predicted molar refractivity (Wildman–Crippen MR) is 187 cm³/mol. The summed E-state index contributed by atoms with van der Waals surface area (Å²) in [6.07, 6.45) is 3.27. The molecular weight excluding hydrogens is 653 g/mol. The van der Waals surface area contributed by atoms with Crippen LogP contribution in [0.15, 0.2) is 73.1 Å². The summed E-state index contributed by atoms with van der Waals surface area (Å²) in [5.74, 6) is 0.549. The molecule has 0 atom stereocenters. The fraction of sp³-hybridized carbons (Fsp3) is 0.257. The lowest BCUT2D eigenvalue weighted by molar-refractivity contribution is 0.0139. The summed E-state index contributed by atoms with van der Waals surface area (Å²) in [6, 6.07) is 17.8. The predicted octanol–water partition coefficient (Wildman–Crippen LogP) is 8.62. The van der Waals surface area contributed by atoms with Crippen LogP contribution in [-0.2, 0) is 11.3 Å². The number of amides is 1. The molecule has 5 heterocycles. The molecule has 1 saturated heterocycles. The minimum absolute atomic E-state index is 0.0915. The van der Waals surface area contributed by atoms with Gasteiger partial charge in [0.1, 0.15) is 11.4 Å². The van der Waals surface area contributed by atoms with Crippen LogP contribution in [0, 0.1) is 5.82 Å². The second kappa shape index (κ2) is 13.0. The molecule has 1 amide bonds. The molecule has 13 heteroatoms. The number of piperazine rings is 1. The van der Waals surface area contributed by atoms with E-state index >= 15 is 4.39 Å². The molecule has 0 radical (unpaired) electrons. The zero-order valence-corrected chi connectivity index (χ0v) is 28.2. The van der Waals surface area contributed by atoms with Gasteiger partial charge >= 0.3 is 6.09 Å². The first-order valence-electron chi connectivity index (χ1n) is 15.5. The number of aromatic amines is 1. The molecule has 1 aliphatic rings. The van der Waals surface area contributed by atoms with E-state index in [0.717, 1.165) is 51.5 Å². The Morgan fingerprint density at radius 1 is 1.00 bits per heavy atom. The minimum atomic E-state index is -0.524. The lowest BCUT2D eigenvalue weighted by Crippen LogP contribution is -2.49. The van der Waals surface area contributed by atoms with Gasteiger partial charge in [-0.2, -0.15) is 0 Å². The first-order valence-corrected chi connectivity index (χ1v) is 16.7. The van der Waals surface area contributed by atoms with Crippen molar-refractivity contribution in [2.24, 2.45) is 0 Å². The minimum Gasteiger partial charge on any atom is -0.453 e. The highest BCUT2D eigenvalue weighted by molar-refractivity contribution is 7.22. The normalized spacial score (nSPS) is 14.1. The third kappa shape index (κ3) is 7.20. The molecule has 0 unspecified atom stereocenters. The van der Waals surface area contributed by atoms with E-state index in [-0.39, 0.29) is 11.8 Å². The lowest BCUT2D eigenvalue weighted by atomic mass is 10.2. The number of rotatable bonds is 7. The zero-order chi connectivity index (χ0) is 33.4. The molecule has 2 aromatic carbocycles. The van der Waals surface area contributed by atoms with Crippen molar-refractivity contribution in [1.29, 1.82) is 0 Å². The van der Waals surface area contributed by atoms with Crippen LogP contribution in [-0.4, -0.2) is 67.6 Å². The smallest absolute Gasteiger partial charge is 0.410 e. The standard InChI is InChI=1S/C35H33ClFN7O3S/c1-35(2,3)47-34(45)44-14-12-43(13-15-44)20-21-4-7-26(39-19-21)31-18-28-32(48-31)30(10-11-38-28)46-29-9-6-23(17-24(29)37)40-33-41-25-8-5-22(36)16-27(25)42-33/h4-11,16-19H,12-15,20H2,1-3H3,(H2,40,41,42). The number of aromatic nitrogens is 4. The fourth-order valence-corrected chi connectivity index (χ4v) is 6.62. The zero-order valence-electron chi connectivity index (χ0n) is 26.6. The first kappa shape index (κ1) is 31.8. The number of imidazole rings is 1. The number of ether oxygens (including phenoxy) is 2. The highest BCUT2D eigenvalue weighted by atomic mass is 35.5. The molecule has 246 valence electrons. The number of thiophene rings is 1. The lowest BCUT2D eigenvalue weighted by Gasteiger charge is -2.35. The van der Waals surface area contributed by atoms with Crippen molar-refractivity contribution in [3.8, 4) is 22.1 Å². The molecule has 2 N–H and O–H groups in total. The highest BCUT2D eigenvalue weighted by Gasteiger charge is 2.26. The van der Waals surface area contributed by atoms with E-state index in [0.29, 0.717) is 41.0 Å². The Hall–Kier alpha value is -4.78. The van der Waals surface area contributed by atoms with Gasteiger partial charge in [0.2, 0.25) is 5.95 Å². The fourth-order valence-electron chi connectivity index (χ4n) is 5.41. The summed E-state index contributed by atoms with van der Waals surface area (Å²) in [6.45, 7) is 9.17. The van der Waals surface area contributed by atoms with E-state index in [1.165, 1.54) is 17.4 Å². The molecule has 0 aliphatic carbocycles. The summed E-state index contributed by atoms with van der Waals surface area (Å²) in [4.78, 5) is 34.2. The van der Waals surface area contributed by atoms with Crippen molar-refractivity contribution in [3.63, 3.8) is 0 Å². The number of hydrogen-bond acceptors (Lipinski definition) is 9. The Labute approximate surface area is 285 Å². The van der Waals surface area contributed by atoms with Crippen LogP contribution in [0.3, 0.4) is 0 Å². The van der Waals surface area contributed by atoms with Crippen LogP contribution < -0.4 is 10.1 Å². The molecule has 0 bridgehead atoms. The number of nitrogens with one attached hydrogen (secondary N) is 2. The number of hydrogen-bond donors (Lipinski definition) is 2. The number of nitrogens with zero attached hydrogens (tertiary/aromatic N) is 5. The number of pyridine rings is 2. The van der Waals surface area contributed by atoms with E-state index in [4.69, 9.17) is 26.1 Å². The van der Waals surface area contributed by atoms with Crippen LogP contribution in [0.2, 0.25) is 5.02 Å². The van der Waals surface area contributed by atoms with Crippen LogP contribution in [0.5, 0.6) is 11.5 Å². The van der Waals surface area contributed by atoms with Gasteiger partial charge in [0, 0.05) is 68.0 Å². The Kier molecular flexibility index (Phi) is 8.63. The summed E-state index contributed by atoms with van der Waals surface area (Å²) >= 11 is 7.55. The molecule has 4 aromatic heterocycles. The topological polar surface area (TPSA) is 109 Å². The van der Waals surface area contributed by atoms with Crippen LogP contribution in [0.25, 0.3) is 31.8 Å². The summed E-state index contributed by atoms with van der Waals surface area (Å²) in [7, 11) is 0. The Balaban J connectivity index is 0.996. The van der Waals surface area contributed by atoms with E-state index < -0.39 is 11.4 Å². The molecule has 7 rings (SSSR count). The summed E-state index contributed by atoms with van der Waals surface area (Å²) in [5, 5.41) is 3.68. The number of anilines is 2. The Bertz CT molecular complexity index is 2100. The van der Waals surface area contributed by atoms with E-state index in [1.54, 1.807) is 41.4 Å². The van der Waals surface area contributed by atoms with Crippen molar-refractivity contribution in [1.82, 2.24) is 29.7 Å². The quantitative estimate of drug-likeness (QED) is 0.172. The SMILES string of the molecule is CC(C)(C)OC(=O)N1CCN(Cc2ccc(-c3cc4nccc(Oc5ccc(Nc6nc7cc(Cl)ccc7[nH]6)cc5F)c4s3)nc2)CC1. The van der Waals surface area contributed by atoms with Crippen molar-refractivity contribution in [3.05, 3.63) is 89.5 Å². The van der Waals surface area contributed by atoms with Crippen molar-refractivity contribution in [2.75, 3.05) is 31.5 Å². The number of carbonyl (C=O) groups is 1. The van der Waals surface area contributed by atoms with Gasteiger partial charge in [-0.25, -0.2) is 14.2 Å². The largest absolute Gasteiger partial charge is 0.453 e. The molecule has 0 saturated carbocycles. The first-order chi connectivity index (χ1) is 23.1. The molecule has 48 heavy (non-hydrogen) atoms. The van der Waals surface area contributed by atoms with Crippen molar-refractivity contribution < 1.29 is 18.7 Å². The van der Waals surface area contributed by atoms with Crippen molar-refractivity contribution >= 4 is 61.9 Å². The maximum absolute atomic E-state index is 15.2. The van der Waals surface area contributed by atoms with Crippen LogP contribution in [0.1, 0.15) is 26.3 Å². The Morgan fingerprint density at radius 2 is 1.83 bits per heavy atom. The van der Waals surface area contributed by atoms with Gasteiger partial charge in [-0.1, -0.05) is 17.7 Å². The summed E-state index contributed by atoms with van der Waals surface area (Å²) < 4.78 is 27.6.